The largest absolute Gasteiger partial charge is 0.351 e. The summed E-state index contributed by atoms with van der Waals surface area (Å²) in [7, 11) is 0. The van der Waals surface area contributed by atoms with Gasteiger partial charge in [0.15, 0.2) is 0 Å². The molecule has 3 nitrogen and oxygen atoms in total. The lowest BCUT2D eigenvalue weighted by Gasteiger charge is -2.24. The second-order valence-corrected chi connectivity index (χ2v) is 7.90. The van der Waals surface area contributed by atoms with E-state index in [1.54, 1.807) is 6.07 Å². The lowest BCUT2D eigenvalue weighted by atomic mass is 9.88. The summed E-state index contributed by atoms with van der Waals surface area (Å²) in [6.45, 7) is 9.17. The number of aromatic nitrogens is 1. The van der Waals surface area contributed by atoms with E-state index < -0.39 is 0 Å². The third-order valence-corrected chi connectivity index (χ3v) is 4.50. The van der Waals surface area contributed by atoms with E-state index >= 15 is 0 Å². The summed E-state index contributed by atoms with van der Waals surface area (Å²) >= 11 is 6.06. The van der Waals surface area contributed by atoms with Crippen LogP contribution in [0.15, 0.2) is 12.1 Å². The van der Waals surface area contributed by atoms with Gasteiger partial charge >= 0.3 is 0 Å². The monoisotopic (exact) mass is 308 g/mol. The second-order valence-electron chi connectivity index (χ2n) is 7.51. The summed E-state index contributed by atoms with van der Waals surface area (Å²) in [6, 6.07) is 3.49. The van der Waals surface area contributed by atoms with Crippen molar-refractivity contribution in [2.75, 3.05) is 6.54 Å². The van der Waals surface area contributed by atoms with Crippen LogP contribution in [0.2, 0.25) is 5.15 Å². The Bertz CT molecular complexity index is 528. The molecule has 1 heterocycles. The van der Waals surface area contributed by atoms with Gasteiger partial charge in [-0.2, -0.15) is 0 Å². The lowest BCUT2D eigenvalue weighted by Crippen LogP contribution is -2.34. The maximum absolute atomic E-state index is 12.4. The highest BCUT2D eigenvalue weighted by Crippen LogP contribution is 2.36. The van der Waals surface area contributed by atoms with Gasteiger partial charge < -0.3 is 5.32 Å². The topological polar surface area (TPSA) is 42.0 Å². The van der Waals surface area contributed by atoms with Crippen LogP contribution in [0.1, 0.15) is 69.4 Å². The molecule has 1 aromatic rings. The number of nitrogens with zero attached hydrogens (tertiary/aromatic N) is 1. The summed E-state index contributed by atoms with van der Waals surface area (Å²) in [5, 5.41) is 3.44. The zero-order chi connectivity index (χ0) is 15.7. The highest BCUT2D eigenvalue weighted by atomic mass is 35.5. The van der Waals surface area contributed by atoms with Crippen molar-refractivity contribution >= 4 is 17.5 Å². The second kappa shape index (κ2) is 5.96. The third kappa shape index (κ3) is 4.19. The van der Waals surface area contributed by atoms with Gasteiger partial charge in [-0.1, -0.05) is 52.1 Å². The van der Waals surface area contributed by atoms with Crippen LogP contribution in [-0.4, -0.2) is 17.4 Å². The zero-order valence-electron chi connectivity index (χ0n) is 13.4. The Kier molecular flexibility index (Phi) is 4.62. The number of carbonyl (C=O) groups excluding carboxylic acids is 1. The van der Waals surface area contributed by atoms with Gasteiger partial charge in [0.2, 0.25) is 0 Å². The van der Waals surface area contributed by atoms with E-state index in [0.29, 0.717) is 10.7 Å². The molecule has 1 aromatic heterocycles. The standard InChI is InChI=1S/C17H25ClN2O/c1-16(2,3)13-9-12(10-14(18)20-13)15(21)19-11-17(4)7-5-6-8-17/h9-10H,5-8,11H2,1-4H3,(H,19,21). The summed E-state index contributed by atoms with van der Waals surface area (Å²) in [5.41, 5.74) is 1.56. The average Bonchev–Trinajstić information content (AvgIpc) is 2.82. The molecule has 1 aliphatic rings. The van der Waals surface area contributed by atoms with Crippen LogP contribution in [-0.2, 0) is 5.41 Å². The zero-order valence-corrected chi connectivity index (χ0v) is 14.2. The number of hydrogen-bond donors (Lipinski definition) is 1. The molecule has 0 atom stereocenters. The molecule has 1 N–H and O–H groups in total. The molecule has 1 fully saturated rings. The first-order valence-electron chi connectivity index (χ1n) is 7.66. The van der Waals surface area contributed by atoms with Crippen molar-refractivity contribution < 1.29 is 4.79 Å². The van der Waals surface area contributed by atoms with Crippen LogP contribution in [0.25, 0.3) is 0 Å². The first-order valence-corrected chi connectivity index (χ1v) is 8.04. The Labute approximate surface area is 132 Å². The molecule has 0 aromatic carbocycles. The number of amides is 1. The van der Waals surface area contributed by atoms with Crippen LogP contribution in [0.4, 0.5) is 0 Å². The number of halogens is 1. The highest BCUT2D eigenvalue weighted by Gasteiger charge is 2.29. The fourth-order valence-corrected chi connectivity index (χ4v) is 3.02. The minimum Gasteiger partial charge on any atom is -0.351 e. The van der Waals surface area contributed by atoms with Crippen molar-refractivity contribution in [1.82, 2.24) is 10.3 Å². The molecular formula is C17H25ClN2O. The Morgan fingerprint density at radius 1 is 1.33 bits per heavy atom. The Morgan fingerprint density at radius 2 is 1.95 bits per heavy atom. The van der Waals surface area contributed by atoms with E-state index in [1.807, 2.05) is 6.07 Å². The van der Waals surface area contributed by atoms with E-state index in [2.05, 4.69) is 38.0 Å². The number of hydrogen-bond acceptors (Lipinski definition) is 2. The molecule has 1 amide bonds. The van der Waals surface area contributed by atoms with Crippen molar-refractivity contribution in [2.24, 2.45) is 5.41 Å². The van der Waals surface area contributed by atoms with Crippen LogP contribution in [0.3, 0.4) is 0 Å². The number of pyridine rings is 1. The molecule has 4 heteroatoms. The van der Waals surface area contributed by atoms with Crippen molar-refractivity contribution in [3.8, 4) is 0 Å². The van der Waals surface area contributed by atoms with Gasteiger partial charge in [-0.25, -0.2) is 4.98 Å². The molecule has 0 radical (unpaired) electrons. The van der Waals surface area contributed by atoms with E-state index in [9.17, 15) is 4.79 Å². The smallest absolute Gasteiger partial charge is 0.251 e. The molecule has 2 rings (SSSR count). The summed E-state index contributed by atoms with van der Waals surface area (Å²) < 4.78 is 0. The SMILES string of the molecule is CC1(CNC(=O)c2cc(Cl)nc(C(C)(C)C)c2)CCCC1. The predicted octanol–water partition coefficient (Wildman–Crippen LogP) is 4.34. The van der Waals surface area contributed by atoms with Crippen LogP contribution >= 0.6 is 11.6 Å². The van der Waals surface area contributed by atoms with Crippen LogP contribution in [0.5, 0.6) is 0 Å². The lowest BCUT2D eigenvalue weighted by molar-refractivity contribution is 0.0934. The number of nitrogens with one attached hydrogen (secondary N) is 1. The molecule has 0 bridgehead atoms. The molecule has 0 aliphatic heterocycles. The normalized spacial score (nSPS) is 17.8. The van der Waals surface area contributed by atoms with Gasteiger partial charge in [-0.05, 0) is 30.4 Å². The molecule has 0 unspecified atom stereocenters. The van der Waals surface area contributed by atoms with Gasteiger partial charge in [-0.3, -0.25) is 4.79 Å². The average molecular weight is 309 g/mol. The van der Waals surface area contributed by atoms with Crippen molar-refractivity contribution in [3.63, 3.8) is 0 Å². The van der Waals surface area contributed by atoms with Crippen LogP contribution in [0, 0.1) is 5.41 Å². The van der Waals surface area contributed by atoms with Crippen LogP contribution < -0.4 is 5.32 Å². The fraction of sp³-hybridized carbons (Fsp3) is 0.647. The van der Waals surface area contributed by atoms with Gasteiger partial charge in [0.1, 0.15) is 5.15 Å². The summed E-state index contributed by atoms with van der Waals surface area (Å²) in [4.78, 5) is 16.7. The molecule has 116 valence electrons. The molecule has 1 saturated carbocycles. The first-order chi connectivity index (χ1) is 9.70. The van der Waals surface area contributed by atoms with Gasteiger partial charge in [0.05, 0.1) is 0 Å². The minimum atomic E-state index is -0.128. The maximum atomic E-state index is 12.4. The minimum absolute atomic E-state index is 0.0575. The Hall–Kier alpha value is -1.09. The van der Waals surface area contributed by atoms with Crippen molar-refractivity contribution in [3.05, 3.63) is 28.5 Å². The molecule has 1 aliphatic carbocycles. The number of carbonyl (C=O) groups is 1. The molecule has 21 heavy (non-hydrogen) atoms. The fourth-order valence-electron chi connectivity index (χ4n) is 2.81. The summed E-state index contributed by atoms with van der Waals surface area (Å²) in [5.74, 6) is -0.0575. The number of rotatable bonds is 3. The Morgan fingerprint density at radius 3 is 2.52 bits per heavy atom. The maximum Gasteiger partial charge on any atom is 0.251 e. The van der Waals surface area contributed by atoms with Gasteiger partial charge in [0, 0.05) is 23.2 Å². The van der Waals surface area contributed by atoms with Gasteiger partial charge in [0.25, 0.3) is 5.91 Å². The van der Waals surface area contributed by atoms with Crippen molar-refractivity contribution in [1.29, 1.82) is 0 Å². The highest BCUT2D eigenvalue weighted by molar-refractivity contribution is 6.29. The summed E-state index contributed by atoms with van der Waals surface area (Å²) in [6.07, 6.45) is 4.92. The Balaban J connectivity index is 2.10. The van der Waals surface area contributed by atoms with Crippen molar-refractivity contribution in [2.45, 2.75) is 58.8 Å². The predicted molar refractivity (Wildman–Crippen MR) is 86.9 cm³/mol. The van der Waals surface area contributed by atoms with Gasteiger partial charge in [-0.15, -0.1) is 0 Å². The van der Waals surface area contributed by atoms with E-state index in [-0.39, 0.29) is 16.7 Å². The van der Waals surface area contributed by atoms with E-state index in [0.717, 1.165) is 12.2 Å². The first kappa shape index (κ1) is 16.3. The molecule has 0 spiro atoms. The quantitative estimate of drug-likeness (QED) is 0.844. The third-order valence-electron chi connectivity index (χ3n) is 4.31. The molecule has 0 saturated heterocycles. The molecular weight excluding hydrogens is 284 g/mol. The van der Waals surface area contributed by atoms with E-state index in [1.165, 1.54) is 25.7 Å². The van der Waals surface area contributed by atoms with E-state index in [4.69, 9.17) is 11.6 Å².